The summed E-state index contributed by atoms with van der Waals surface area (Å²) >= 11 is -1.36. The second-order valence-electron chi connectivity index (χ2n) is 17.8. The Hall–Kier alpha value is -6.20. The molecule has 0 bridgehead atoms. The Balaban J connectivity index is 0.700. The van der Waals surface area contributed by atoms with E-state index in [1.165, 1.54) is 0 Å². The van der Waals surface area contributed by atoms with Crippen LogP contribution >= 0.6 is 0 Å². The van der Waals surface area contributed by atoms with E-state index in [0.717, 1.165) is 40.6 Å². The van der Waals surface area contributed by atoms with E-state index in [1.54, 1.807) is 24.4 Å². The second-order valence-corrected chi connectivity index (χ2v) is 19.1. The predicted molar refractivity (Wildman–Crippen MR) is 264 cm³/mol. The number of piperidine rings is 1. The van der Waals surface area contributed by atoms with Crippen molar-refractivity contribution in [3.05, 3.63) is 89.6 Å². The summed E-state index contributed by atoms with van der Waals surface area (Å²) in [5.41, 5.74) is 4.10. The number of carbonyl (C=O) groups is 5. The lowest BCUT2D eigenvalue weighted by atomic mass is 10.0. The van der Waals surface area contributed by atoms with E-state index < -0.39 is 41.0 Å². The number of benzene rings is 3. The van der Waals surface area contributed by atoms with Gasteiger partial charge in [-0.05, 0) is 82.6 Å². The van der Waals surface area contributed by atoms with Crippen LogP contribution in [0, 0.1) is 6.92 Å². The fourth-order valence-corrected chi connectivity index (χ4v) is 9.00. The first-order valence-electron chi connectivity index (χ1n) is 23.4. The van der Waals surface area contributed by atoms with Gasteiger partial charge in [0.15, 0.2) is 4.90 Å². The SMILES string of the molecule is Cc1cnc(Nc2ccc(N3CCN(C(=O)CCOCCOCCOCCOCCNc4cccc5c4C(=O)N(C4CCC(=O)NC4=O)C5=O)CC3)cc2)nc1Nc1cccc([S+]([O-])NC(C)(C)C)c1. The van der Waals surface area contributed by atoms with Crippen LogP contribution in [0.3, 0.4) is 0 Å². The maximum atomic E-state index is 13.2. The molecule has 3 aromatic carbocycles. The summed E-state index contributed by atoms with van der Waals surface area (Å²) < 4.78 is 38.4. The van der Waals surface area contributed by atoms with Gasteiger partial charge in [0.05, 0.1) is 87.3 Å². The van der Waals surface area contributed by atoms with Crippen LogP contribution in [0.2, 0.25) is 0 Å². The summed E-state index contributed by atoms with van der Waals surface area (Å²) in [5, 5.41) is 12.0. The average Bonchev–Trinajstić information content (AvgIpc) is 3.59. The van der Waals surface area contributed by atoms with E-state index in [0.29, 0.717) is 101 Å². The summed E-state index contributed by atoms with van der Waals surface area (Å²) in [7, 11) is 0. The Morgan fingerprint density at radius 3 is 2.17 bits per heavy atom. The lowest BCUT2D eigenvalue weighted by molar-refractivity contribution is -0.136. The first-order valence-corrected chi connectivity index (χ1v) is 24.6. The number of imide groups is 2. The van der Waals surface area contributed by atoms with Gasteiger partial charge in [-0.1, -0.05) is 12.1 Å². The number of nitrogens with zero attached hydrogens (tertiary/aromatic N) is 5. The Labute approximate surface area is 410 Å². The third-order valence-corrected chi connectivity index (χ3v) is 12.9. The number of rotatable bonds is 24. The molecule has 2 atom stereocenters. The molecule has 2 fully saturated rings. The number of fused-ring (bicyclic) bond motifs is 1. The van der Waals surface area contributed by atoms with E-state index in [9.17, 15) is 28.5 Å². The summed E-state index contributed by atoms with van der Waals surface area (Å²) in [6.45, 7) is 13.7. The van der Waals surface area contributed by atoms with Gasteiger partial charge in [-0.25, -0.2) is 4.98 Å². The maximum Gasteiger partial charge on any atom is 0.264 e. The van der Waals surface area contributed by atoms with Gasteiger partial charge in [-0.3, -0.25) is 34.2 Å². The van der Waals surface area contributed by atoms with E-state index >= 15 is 0 Å². The van der Waals surface area contributed by atoms with Crippen LogP contribution in [0.5, 0.6) is 0 Å². The van der Waals surface area contributed by atoms with Crippen LogP contribution in [0.25, 0.3) is 0 Å². The van der Waals surface area contributed by atoms with Gasteiger partial charge in [-0.2, -0.15) is 4.98 Å². The number of amides is 5. The van der Waals surface area contributed by atoms with Crippen LogP contribution in [-0.4, -0.2) is 151 Å². The van der Waals surface area contributed by atoms with Gasteiger partial charge >= 0.3 is 0 Å². The van der Waals surface area contributed by atoms with Crippen molar-refractivity contribution in [2.75, 3.05) is 106 Å². The highest BCUT2D eigenvalue weighted by atomic mass is 32.2. The molecule has 374 valence electrons. The number of hydrogen-bond donors (Lipinski definition) is 5. The van der Waals surface area contributed by atoms with Gasteiger partial charge in [0.2, 0.25) is 23.7 Å². The first-order chi connectivity index (χ1) is 33.7. The summed E-state index contributed by atoms with van der Waals surface area (Å²) in [4.78, 5) is 78.0. The van der Waals surface area contributed by atoms with Crippen molar-refractivity contribution in [2.24, 2.45) is 0 Å². The van der Waals surface area contributed by atoms with Crippen molar-refractivity contribution in [3.8, 4) is 0 Å². The smallest absolute Gasteiger partial charge is 0.264 e. The van der Waals surface area contributed by atoms with E-state index in [4.69, 9.17) is 23.9 Å². The van der Waals surface area contributed by atoms with Crippen LogP contribution in [0.1, 0.15) is 66.3 Å². The summed E-state index contributed by atoms with van der Waals surface area (Å²) in [6.07, 6.45) is 2.20. The number of carbonyl (C=O) groups excluding carboxylic acids is 5. The molecule has 4 aromatic rings. The van der Waals surface area contributed by atoms with Crippen LogP contribution < -0.4 is 30.9 Å². The minimum Gasteiger partial charge on any atom is -0.593 e. The molecule has 0 spiro atoms. The van der Waals surface area contributed by atoms with Crippen molar-refractivity contribution < 1.29 is 47.5 Å². The number of aromatic nitrogens is 2. The van der Waals surface area contributed by atoms with Crippen molar-refractivity contribution in [3.63, 3.8) is 0 Å². The first kappa shape index (κ1) is 51.6. The topological polar surface area (TPSA) is 241 Å². The fraction of sp³-hybridized carbons (Fsp3) is 0.449. The zero-order chi connectivity index (χ0) is 49.6. The largest absolute Gasteiger partial charge is 0.593 e. The van der Waals surface area contributed by atoms with Gasteiger partial charge < -0.3 is 49.3 Å². The molecule has 2 saturated heterocycles. The molecular formula is C49H62N10O10S. The second kappa shape index (κ2) is 24.6. The molecule has 20 nitrogen and oxygen atoms in total. The highest BCUT2D eigenvalue weighted by Crippen LogP contribution is 2.32. The number of piperazine rings is 1. The Kier molecular flexibility index (Phi) is 18.1. The van der Waals surface area contributed by atoms with Crippen LogP contribution in [0.15, 0.2) is 77.8 Å². The molecule has 3 aliphatic heterocycles. The molecule has 4 heterocycles. The highest BCUT2D eigenvalue weighted by Gasteiger charge is 2.45. The Morgan fingerprint density at radius 1 is 0.814 bits per heavy atom. The normalized spacial score (nSPS) is 16.6. The van der Waals surface area contributed by atoms with E-state index in [2.05, 4.69) is 35.9 Å². The molecule has 21 heteroatoms. The molecule has 5 amide bonds. The fourth-order valence-electron chi connectivity index (χ4n) is 7.89. The molecule has 7 rings (SSSR count). The monoisotopic (exact) mass is 982 g/mol. The number of ether oxygens (including phenoxy) is 4. The van der Waals surface area contributed by atoms with Crippen molar-refractivity contribution in [1.29, 1.82) is 0 Å². The van der Waals surface area contributed by atoms with Gasteiger partial charge in [0, 0.05) is 79.7 Å². The van der Waals surface area contributed by atoms with E-state index in [-0.39, 0.29) is 35.4 Å². The number of hydrogen-bond acceptors (Lipinski definition) is 17. The van der Waals surface area contributed by atoms with Crippen molar-refractivity contribution in [1.82, 2.24) is 29.8 Å². The van der Waals surface area contributed by atoms with Crippen LogP contribution in [0.4, 0.5) is 34.5 Å². The standard InChI is InChI=1S/C49H62N10O10S/c1-33-32-51-48(55-44(33)52-35-7-5-8-37(31-35)70(65)56-49(2,3)4)53-34-11-13-36(14-12-34)57-19-21-58(22-20-57)42(61)17-23-66-25-27-68-29-30-69-28-26-67-24-18-50-39-10-6-9-38-43(39)47(64)59(46(38)63)40-15-16-41(60)54-45(40)62/h5-14,31-32,40,50,56H,15-30H2,1-4H3,(H,54,60,62)(H2,51,52,53,55). The molecular weight excluding hydrogens is 921 g/mol. The molecule has 0 saturated carbocycles. The number of nitrogens with one attached hydrogen (secondary N) is 5. The molecule has 5 N–H and O–H groups in total. The minimum absolute atomic E-state index is 0.0557. The molecule has 1 aromatic heterocycles. The van der Waals surface area contributed by atoms with Crippen molar-refractivity contribution >= 4 is 75.4 Å². The minimum atomic E-state index is -1.36. The molecule has 3 aliphatic rings. The van der Waals surface area contributed by atoms with Gasteiger partial charge in [0.1, 0.15) is 11.9 Å². The van der Waals surface area contributed by atoms with E-state index in [1.807, 2.05) is 81.1 Å². The van der Waals surface area contributed by atoms with Gasteiger partial charge in [0.25, 0.3) is 11.8 Å². The lowest BCUT2D eigenvalue weighted by Gasteiger charge is -2.36. The molecule has 2 unspecified atom stereocenters. The molecule has 0 radical (unpaired) electrons. The zero-order valence-corrected chi connectivity index (χ0v) is 40.9. The van der Waals surface area contributed by atoms with Gasteiger partial charge in [-0.15, -0.1) is 4.72 Å². The highest BCUT2D eigenvalue weighted by molar-refractivity contribution is 7.89. The molecule has 70 heavy (non-hydrogen) atoms. The van der Waals surface area contributed by atoms with Crippen LogP contribution in [-0.2, 0) is 44.7 Å². The zero-order valence-electron chi connectivity index (χ0n) is 40.0. The summed E-state index contributed by atoms with van der Waals surface area (Å²) in [6, 6.07) is 19.4. The maximum absolute atomic E-state index is 13.2. The lowest BCUT2D eigenvalue weighted by Crippen LogP contribution is -2.54. The quantitative estimate of drug-likeness (QED) is 0.0374. The summed E-state index contributed by atoms with van der Waals surface area (Å²) in [5.74, 6) is -1.07. The third-order valence-electron chi connectivity index (χ3n) is 11.4. The van der Waals surface area contributed by atoms with Crippen molar-refractivity contribution in [2.45, 2.75) is 63.4 Å². The average molecular weight is 983 g/mol. The number of anilines is 6. The number of aryl methyl sites for hydroxylation is 1. The Morgan fingerprint density at radius 2 is 1.49 bits per heavy atom. The third kappa shape index (κ3) is 14.2. The predicted octanol–water partition coefficient (Wildman–Crippen LogP) is 4.30. The Bertz CT molecular complexity index is 2470. The molecule has 0 aliphatic carbocycles.